The van der Waals surface area contributed by atoms with Gasteiger partial charge in [0.05, 0.1) is 6.42 Å². The number of amides is 1. The van der Waals surface area contributed by atoms with E-state index in [9.17, 15) is 14.4 Å². The Morgan fingerprint density at radius 3 is 2.35 bits per heavy atom. The summed E-state index contributed by atoms with van der Waals surface area (Å²) >= 11 is 0. The lowest BCUT2D eigenvalue weighted by Crippen LogP contribution is -2.34. The van der Waals surface area contributed by atoms with E-state index in [0.29, 0.717) is 6.42 Å². The Morgan fingerprint density at radius 2 is 1.82 bits per heavy atom. The fourth-order valence-corrected chi connectivity index (χ4v) is 0.928. The molecular weight excluding hydrogens is 228 g/mol. The van der Waals surface area contributed by atoms with Gasteiger partial charge in [0, 0.05) is 6.42 Å². The molecule has 0 fully saturated rings. The molecule has 0 aromatic carbocycles. The third-order valence-electron chi connectivity index (χ3n) is 1.96. The largest absolute Gasteiger partial charge is 0.372 e. The zero-order valence-corrected chi connectivity index (χ0v) is 9.81. The van der Waals surface area contributed by atoms with Gasteiger partial charge in [-0.1, -0.05) is 13.3 Å². The van der Waals surface area contributed by atoms with Crippen LogP contribution < -0.4 is 11.5 Å². The maximum Gasteiger partial charge on any atom is 0.372 e. The quantitative estimate of drug-likeness (QED) is 0.472. The minimum atomic E-state index is -1.03. The predicted octanol–water partition coefficient (Wildman–Crippen LogP) is -0.229. The Bertz CT molecular complexity index is 280. The van der Waals surface area contributed by atoms with E-state index in [2.05, 4.69) is 9.78 Å². The fourth-order valence-electron chi connectivity index (χ4n) is 0.928. The van der Waals surface area contributed by atoms with Crippen molar-refractivity contribution < 1.29 is 24.2 Å². The first-order chi connectivity index (χ1) is 7.97. The molecule has 0 aliphatic carbocycles. The molecule has 1 unspecified atom stereocenters. The smallest absolute Gasteiger partial charge is 0.370 e. The molecule has 4 N–H and O–H groups in total. The molecule has 7 nitrogen and oxygen atoms in total. The number of hydrogen-bond acceptors (Lipinski definition) is 6. The van der Waals surface area contributed by atoms with Gasteiger partial charge >= 0.3 is 11.9 Å². The van der Waals surface area contributed by atoms with Crippen LogP contribution >= 0.6 is 0 Å². The summed E-state index contributed by atoms with van der Waals surface area (Å²) in [6.07, 6.45) is 1.70. The molecule has 0 spiro atoms. The third kappa shape index (κ3) is 8.21. The average Bonchev–Trinajstić information content (AvgIpc) is 2.29. The molecule has 0 aliphatic heterocycles. The summed E-state index contributed by atoms with van der Waals surface area (Å²) < 4.78 is 0. The van der Waals surface area contributed by atoms with E-state index in [1.165, 1.54) is 0 Å². The van der Waals surface area contributed by atoms with E-state index in [4.69, 9.17) is 11.5 Å². The Morgan fingerprint density at radius 1 is 1.18 bits per heavy atom. The van der Waals surface area contributed by atoms with Crippen molar-refractivity contribution in [3.63, 3.8) is 0 Å². The van der Waals surface area contributed by atoms with Gasteiger partial charge in [-0.15, -0.1) is 0 Å². The van der Waals surface area contributed by atoms with Crippen molar-refractivity contribution >= 4 is 17.8 Å². The van der Waals surface area contributed by atoms with Crippen molar-refractivity contribution in [1.29, 1.82) is 0 Å². The molecule has 0 radical (unpaired) electrons. The van der Waals surface area contributed by atoms with Crippen molar-refractivity contribution in [2.45, 2.75) is 45.1 Å². The molecule has 17 heavy (non-hydrogen) atoms. The third-order valence-corrected chi connectivity index (χ3v) is 1.96. The van der Waals surface area contributed by atoms with Gasteiger partial charge in [-0.05, 0) is 12.8 Å². The molecule has 7 heteroatoms. The first-order valence-corrected chi connectivity index (χ1v) is 5.42. The number of rotatable bonds is 7. The number of unbranched alkanes of at least 4 members (excludes halogenated alkanes) is 1. The topological polar surface area (TPSA) is 122 Å². The van der Waals surface area contributed by atoms with Crippen molar-refractivity contribution in [3.8, 4) is 0 Å². The second kappa shape index (κ2) is 8.51. The lowest BCUT2D eigenvalue weighted by molar-refractivity contribution is -0.260. The molecule has 0 aromatic heterocycles. The van der Waals surface area contributed by atoms with E-state index in [0.717, 1.165) is 6.42 Å². The number of nitrogens with two attached hydrogens (primary N) is 2. The minimum absolute atomic E-state index is 0.0277. The van der Waals surface area contributed by atoms with E-state index < -0.39 is 23.9 Å². The van der Waals surface area contributed by atoms with E-state index >= 15 is 0 Å². The van der Waals surface area contributed by atoms with Gasteiger partial charge in [0.2, 0.25) is 5.91 Å². The van der Waals surface area contributed by atoms with Gasteiger partial charge in [0.1, 0.15) is 6.04 Å². The summed E-state index contributed by atoms with van der Waals surface area (Å²) in [5.74, 6) is -2.08. The Hall–Kier alpha value is -1.63. The minimum Gasteiger partial charge on any atom is -0.370 e. The van der Waals surface area contributed by atoms with Crippen molar-refractivity contribution in [3.05, 3.63) is 0 Å². The van der Waals surface area contributed by atoms with Crippen molar-refractivity contribution in [2.75, 3.05) is 0 Å². The Labute approximate surface area is 99.3 Å². The van der Waals surface area contributed by atoms with Crippen molar-refractivity contribution in [2.24, 2.45) is 11.5 Å². The second-order valence-corrected chi connectivity index (χ2v) is 3.57. The van der Waals surface area contributed by atoms with Crippen LogP contribution in [0, 0.1) is 0 Å². The molecule has 0 saturated heterocycles. The molecule has 0 heterocycles. The molecule has 1 atom stereocenters. The van der Waals surface area contributed by atoms with Gasteiger partial charge < -0.3 is 11.5 Å². The van der Waals surface area contributed by atoms with Crippen LogP contribution in [0.3, 0.4) is 0 Å². The Kier molecular flexibility index (Phi) is 7.70. The highest BCUT2D eigenvalue weighted by molar-refractivity contribution is 5.78. The maximum atomic E-state index is 11.2. The fraction of sp³-hybridized carbons (Fsp3) is 0.700. The van der Waals surface area contributed by atoms with Crippen LogP contribution in [0.15, 0.2) is 0 Å². The zero-order chi connectivity index (χ0) is 13.3. The lowest BCUT2D eigenvalue weighted by Gasteiger charge is -2.08. The monoisotopic (exact) mass is 246 g/mol. The van der Waals surface area contributed by atoms with Crippen LogP contribution in [-0.4, -0.2) is 23.9 Å². The molecule has 0 saturated carbocycles. The lowest BCUT2D eigenvalue weighted by atomic mass is 10.2. The van der Waals surface area contributed by atoms with Crippen LogP contribution in [-0.2, 0) is 24.2 Å². The number of primary amides is 1. The van der Waals surface area contributed by atoms with E-state index in [-0.39, 0.29) is 19.3 Å². The van der Waals surface area contributed by atoms with Crippen LogP contribution in [0.25, 0.3) is 0 Å². The van der Waals surface area contributed by atoms with Crippen LogP contribution in [0.5, 0.6) is 0 Å². The van der Waals surface area contributed by atoms with Gasteiger partial charge in [-0.25, -0.2) is 19.4 Å². The highest BCUT2D eigenvalue weighted by Crippen LogP contribution is 2.00. The van der Waals surface area contributed by atoms with Gasteiger partial charge in [-0.3, -0.25) is 4.79 Å². The van der Waals surface area contributed by atoms with E-state index in [1.807, 2.05) is 6.92 Å². The molecule has 0 aromatic rings. The summed E-state index contributed by atoms with van der Waals surface area (Å²) in [5, 5.41) is 0. The summed E-state index contributed by atoms with van der Waals surface area (Å²) in [4.78, 5) is 41.1. The average molecular weight is 246 g/mol. The normalized spacial score (nSPS) is 11.6. The van der Waals surface area contributed by atoms with Crippen LogP contribution in [0.4, 0.5) is 0 Å². The zero-order valence-electron chi connectivity index (χ0n) is 9.81. The first-order valence-electron chi connectivity index (χ1n) is 5.42. The number of carbonyl (C=O) groups excluding carboxylic acids is 3. The summed E-state index contributed by atoms with van der Waals surface area (Å²) in [7, 11) is 0. The molecule has 0 rings (SSSR count). The SMILES string of the molecule is CCCCC(=O)OOC(=O)C(N)CCC(N)=O. The van der Waals surface area contributed by atoms with E-state index in [1.54, 1.807) is 0 Å². The van der Waals surface area contributed by atoms with Gasteiger partial charge in [0.25, 0.3) is 0 Å². The maximum absolute atomic E-state index is 11.2. The molecule has 0 aliphatic rings. The van der Waals surface area contributed by atoms with Crippen molar-refractivity contribution in [1.82, 2.24) is 0 Å². The molecule has 98 valence electrons. The highest BCUT2D eigenvalue weighted by atomic mass is 17.2. The molecular formula is C10H18N2O5. The Balaban J connectivity index is 3.77. The molecule has 1 amide bonds. The predicted molar refractivity (Wildman–Crippen MR) is 58.1 cm³/mol. The summed E-state index contributed by atoms with van der Waals surface area (Å²) in [6.45, 7) is 1.92. The first kappa shape index (κ1) is 15.4. The second-order valence-electron chi connectivity index (χ2n) is 3.57. The summed E-state index contributed by atoms with van der Waals surface area (Å²) in [6, 6.07) is -1.03. The summed E-state index contributed by atoms with van der Waals surface area (Å²) in [5.41, 5.74) is 10.3. The van der Waals surface area contributed by atoms with Gasteiger partial charge in [-0.2, -0.15) is 0 Å². The van der Waals surface area contributed by atoms with Crippen LogP contribution in [0.1, 0.15) is 39.0 Å². The number of hydrogen-bond donors (Lipinski definition) is 2. The highest BCUT2D eigenvalue weighted by Gasteiger charge is 2.18. The molecule has 0 bridgehead atoms. The van der Waals surface area contributed by atoms with Gasteiger partial charge in [0.15, 0.2) is 0 Å². The standard InChI is InChI=1S/C10H18N2O5/c1-2-3-4-9(14)16-17-10(15)7(11)5-6-8(12)13/h7H,2-6,11H2,1H3,(H2,12,13). The number of carbonyl (C=O) groups is 3. The van der Waals surface area contributed by atoms with Crippen LogP contribution in [0.2, 0.25) is 0 Å².